The fraction of sp³-hybridized carbons (Fsp3) is 0.150. The van der Waals surface area contributed by atoms with E-state index in [9.17, 15) is 9.18 Å². The molecular formula is C20H19FN4O2. The molecule has 0 aliphatic rings. The van der Waals surface area contributed by atoms with Crippen molar-refractivity contribution in [2.45, 2.75) is 6.42 Å². The maximum atomic E-state index is 13.0. The van der Waals surface area contributed by atoms with Gasteiger partial charge in [0.05, 0.1) is 7.11 Å². The van der Waals surface area contributed by atoms with Crippen molar-refractivity contribution in [2.24, 2.45) is 0 Å². The lowest BCUT2D eigenvalue weighted by Gasteiger charge is -2.08. The number of benzene rings is 2. The Balaban J connectivity index is 1.55. The Kier molecular flexibility index (Phi) is 5.94. The topological polar surface area (TPSA) is 76.1 Å². The lowest BCUT2D eigenvalue weighted by Crippen LogP contribution is -2.26. The zero-order chi connectivity index (χ0) is 19.1. The van der Waals surface area contributed by atoms with E-state index in [0.29, 0.717) is 18.7 Å². The molecule has 138 valence electrons. The largest absolute Gasteiger partial charge is 0.497 e. The average Bonchev–Trinajstić information content (AvgIpc) is 2.70. The summed E-state index contributed by atoms with van der Waals surface area (Å²) in [4.78, 5) is 20.6. The predicted molar refractivity (Wildman–Crippen MR) is 101 cm³/mol. The van der Waals surface area contributed by atoms with Gasteiger partial charge in [-0.05, 0) is 54.4 Å². The molecule has 0 aliphatic carbocycles. The molecule has 3 rings (SSSR count). The average molecular weight is 366 g/mol. The Morgan fingerprint density at radius 2 is 1.81 bits per heavy atom. The predicted octanol–water partition coefficient (Wildman–Crippen LogP) is 3.34. The van der Waals surface area contributed by atoms with Crippen molar-refractivity contribution < 1.29 is 13.9 Å². The van der Waals surface area contributed by atoms with Crippen LogP contribution in [-0.4, -0.2) is 29.5 Å². The number of halogens is 1. The van der Waals surface area contributed by atoms with Gasteiger partial charge in [-0.1, -0.05) is 12.1 Å². The van der Waals surface area contributed by atoms with Crippen LogP contribution in [0.4, 0.5) is 16.0 Å². The van der Waals surface area contributed by atoms with Gasteiger partial charge in [0.2, 0.25) is 5.95 Å². The quantitative estimate of drug-likeness (QED) is 0.671. The van der Waals surface area contributed by atoms with E-state index in [1.807, 2.05) is 24.3 Å². The van der Waals surface area contributed by atoms with E-state index in [-0.39, 0.29) is 23.4 Å². The number of carbonyl (C=O) groups is 1. The lowest BCUT2D eigenvalue weighted by atomic mass is 10.1. The molecule has 1 heterocycles. The number of nitrogens with zero attached hydrogens (tertiary/aromatic N) is 2. The minimum Gasteiger partial charge on any atom is -0.497 e. The highest BCUT2D eigenvalue weighted by molar-refractivity contribution is 5.92. The van der Waals surface area contributed by atoms with Gasteiger partial charge in [0.25, 0.3) is 5.91 Å². The Labute approximate surface area is 156 Å². The van der Waals surface area contributed by atoms with Gasteiger partial charge in [0.15, 0.2) is 0 Å². The fourth-order valence-electron chi connectivity index (χ4n) is 2.41. The zero-order valence-corrected chi connectivity index (χ0v) is 14.8. The number of aromatic nitrogens is 2. The van der Waals surface area contributed by atoms with Crippen LogP contribution < -0.4 is 15.4 Å². The summed E-state index contributed by atoms with van der Waals surface area (Å²) in [7, 11) is 1.62. The molecule has 7 heteroatoms. The number of ether oxygens (including phenoxy) is 1. The summed E-state index contributed by atoms with van der Waals surface area (Å²) in [6, 6.07) is 15.0. The second-order valence-corrected chi connectivity index (χ2v) is 5.75. The SMILES string of the molecule is COc1ccc(CCNC(=O)c2ccnc(Nc3ccc(F)cc3)n2)cc1. The Bertz CT molecular complexity index is 899. The summed E-state index contributed by atoms with van der Waals surface area (Å²) in [5.74, 6) is 0.453. The molecule has 0 unspecified atom stereocenters. The first-order valence-electron chi connectivity index (χ1n) is 8.41. The summed E-state index contributed by atoms with van der Waals surface area (Å²) in [5, 5.41) is 5.78. The van der Waals surface area contributed by atoms with Crippen LogP contribution in [-0.2, 0) is 6.42 Å². The third-order valence-electron chi connectivity index (χ3n) is 3.85. The first kappa shape index (κ1) is 18.3. The highest BCUT2D eigenvalue weighted by Crippen LogP contribution is 2.14. The minimum atomic E-state index is -0.327. The van der Waals surface area contributed by atoms with Crippen molar-refractivity contribution in [3.63, 3.8) is 0 Å². The molecule has 1 amide bonds. The summed E-state index contributed by atoms with van der Waals surface area (Å²) < 4.78 is 18.1. The van der Waals surface area contributed by atoms with Gasteiger partial charge in [-0.3, -0.25) is 4.79 Å². The molecule has 6 nitrogen and oxygen atoms in total. The number of amides is 1. The number of rotatable bonds is 7. The van der Waals surface area contributed by atoms with E-state index in [0.717, 1.165) is 11.3 Å². The normalized spacial score (nSPS) is 10.3. The summed E-state index contributed by atoms with van der Waals surface area (Å²) >= 11 is 0. The van der Waals surface area contributed by atoms with E-state index in [2.05, 4.69) is 20.6 Å². The summed E-state index contributed by atoms with van der Waals surface area (Å²) in [6.07, 6.45) is 2.19. The number of hydrogen-bond donors (Lipinski definition) is 2. The van der Waals surface area contributed by atoms with E-state index < -0.39 is 0 Å². The van der Waals surface area contributed by atoms with Gasteiger partial charge in [0.1, 0.15) is 17.3 Å². The zero-order valence-electron chi connectivity index (χ0n) is 14.8. The Morgan fingerprint density at radius 1 is 1.07 bits per heavy atom. The maximum Gasteiger partial charge on any atom is 0.270 e. The third-order valence-corrected chi connectivity index (χ3v) is 3.85. The van der Waals surface area contributed by atoms with E-state index >= 15 is 0 Å². The highest BCUT2D eigenvalue weighted by Gasteiger charge is 2.09. The molecule has 0 aliphatic heterocycles. The second kappa shape index (κ2) is 8.75. The number of methoxy groups -OCH3 is 1. The van der Waals surface area contributed by atoms with E-state index in [1.165, 1.54) is 18.3 Å². The number of hydrogen-bond acceptors (Lipinski definition) is 5. The van der Waals surface area contributed by atoms with Crippen LogP contribution in [0, 0.1) is 5.82 Å². The van der Waals surface area contributed by atoms with Crippen LogP contribution in [0.3, 0.4) is 0 Å². The van der Waals surface area contributed by atoms with Crippen LogP contribution in [0.1, 0.15) is 16.1 Å². The molecule has 2 N–H and O–H groups in total. The van der Waals surface area contributed by atoms with Gasteiger partial charge < -0.3 is 15.4 Å². The van der Waals surface area contributed by atoms with Crippen LogP contribution >= 0.6 is 0 Å². The monoisotopic (exact) mass is 366 g/mol. The molecule has 0 radical (unpaired) electrons. The van der Waals surface area contributed by atoms with Crippen LogP contribution in [0.15, 0.2) is 60.8 Å². The van der Waals surface area contributed by atoms with Crippen molar-refractivity contribution >= 4 is 17.5 Å². The van der Waals surface area contributed by atoms with Crippen molar-refractivity contribution in [3.05, 3.63) is 77.9 Å². The standard InChI is InChI=1S/C20H19FN4O2/c1-27-17-8-2-14(3-9-17)10-12-22-19(26)18-11-13-23-20(25-18)24-16-6-4-15(21)5-7-16/h2-9,11,13H,10,12H2,1H3,(H,22,26)(H,23,24,25). The molecule has 1 aromatic heterocycles. The van der Waals surface area contributed by atoms with Crippen LogP contribution in [0.25, 0.3) is 0 Å². The third kappa shape index (κ3) is 5.24. The number of nitrogens with one attached hydrogen (secondary N) is 2. The highest BCUT2D eigenvalue weighted by atomic mass is 19.1. The van der Waals surface area contributed by atoms with Gasteiger partial charge in [0, 0.05) is 18.4 Å². The molecule has 0 saturated heterocycles. The molecule has 2 aromatic carbocycles. The molecule has 0 bridgehead atoms. The van der Waals surface area contributed by atoms with E-state index in [1.54, 1.807) is 25.3 Å². The molecule has 3 aromatic rings. The molecule has 0 spiro atoms. The first-order valence-corrected chi connectivity index (χ1v) is 8.41. The number of carbonyl (C=O) groups excluding carboxylic acids is 1. The van der Waals surface area contributed by atoms with Crippen molar-refractivity contribution in [1.82, 2.24) is 15.3 Å². The van der Waals surface area contributed by atoms with Crippen molar-refractivity contribution in [2.75, 3.05) is 19.0 Å². The van der Waals surface area contributed by atoms with Crippen LogP contribution in [0.2, 0.25) is 0 Å². The molecule has 0 atom stereocenters. The summed E-state index contributed by atoms with van der Waals surface area (Å²) in [5.41, 5.74) is 1.98. The minimum absolute atomic E-state index is 0.254. The summed E-state index contributed by atoms with van der Waals surface area (Å²) in [6.45, 7) is 0.482. The smallest absolute Gasteiger partial charge is 0.270 e. The Morgan fingerprint density at radius 3 is 2.52 bits per heavy atom. The second-order valence-electron chi connectivity index (χ2n) is 5.75. The molecule has 27 heavy (non-hydrogen) atoms. The van der Waals surface area contributed by atoms with E-state index in [4.69, 9.17) is 4.74 Å². The first-order chi connectivity index (χ1) is 13.1. The van der Waals surface area contributed by atoms with Gasteiger partial charge in [-0.2, -0.15) is 0 Å². The molecule has 0 fully saturated rings. The lowest BCUT2D eigenvalue weighted by molar-refractivity contribution is 0.0949. The van der Waals surface area contributed by atoms with Crippen molar-refractivity contribution in [3.8, 4) is 5.75 Å². The number of anilines is 2. The molecule has 0 saturated carbocycles. The van der Waals surface area contributed by atoms with Gasteiger partial charge >= 0.3 is 0 Å². The van der Waals surface area contributed by atoms with Gasteiger partial charge in [-0.15, -0.1) is 0 Å². The Hall–Kier alpha value is -3.48. The van der Waals surface area contributed by atoms with Crippen LogP contribution in [0.5, 0.6) is 5.75 Å². The maximum absolute atomic E-state index is 13.0. The fourth-order valence-corrected chi connectivity index (χ4v) is 2.41. The molecular weight excluding hydrogens is 347 g/mol. The van der Waals surface area contributed by atoms with Crippen molar-refractivity contribution in [1.29, 1.82) is 0 Å². The van der Waals surface area contributed by atoms with Gasteiger partial charge in [-0.25, -0.2) is 14.4 Å².